The molecule has 1 atom stereocenters. The molecule has 272 valence electrons. The first-order valence-corrected chi connectivity index (χ1v) is 20.3. The maximum atomic E-state index is 15.1. The van der Waals surface area contributed by atoms with Gasteiger partial charge < -0.3 is 4.90 Å². The second-order valence-electron chi connectivity index (χ2n) is 14.9. The number of anilines is 3. The Morgan fingerprint density at radius 2 is 1.16 bits per heavy atom. The van der Waals surface area contributed by atoms with Crippen molar-refractivity contribution < 1.29 is 0 Å². The van der Waals surface area contributed by atoms with Gasteiger partial charge in [0.1, 0.15) is 4.70 Å². The maximum Gasteiger partial charge on any atom is 0.273 e. The number of nitrogens with zero attached hydrogens (tertiary/aromatic N) is 4. The lowest BCUT2D eigenvalue weighted by atomic mass is 9.60. The topological polar surface area (TPSA) is 51.0 Å². The first-order chi connectivity index (χ1) is 28.7. The van der Waals surface area contributed by atoms with Crippen LogP contribution < -0.4 is 10.5 Å². The molecule has 0 saturated carbocycles. The number of fused-ring (bicyclic) bond motifs is 10. The normalized spacial score (nSPS) is 15.0. The molecule has 1 unspecified atom stereocenters. The zero-order valence-electron chi connectivity index (χ0n) is 31.1. The fourth-order valence-electron chi connectivity index (χ4n) is 9.51. The number of aromatic nitrogens is 3. The van der Waals surface area contributed by atoms with Crippen molar-refractivity contribution in [1.82, 2.24) is 14.5 Å². The molecule has 2 aliphatic rings. The number of thiophene rings is 1. The number of hydrogen-bond donors (Lipinski definition) is 0. The fraction of sp³-hybridized carbons (Fsp3) is 0.0192. The van der Waals surface area contributed by atoms with Gasteiger partial charge in [-0.05, 0) is 93.5 Å². The third kappa shape index (κ3) is 4.55. The Labute approximate surface area is 338 Å². The molecule has 5 nitrogen and oxygen atoms in total. The lowest BCUT2D eigenvalue weighted by molar-refractivity contribution is 0.709. The van der Waals surface area contributed by atoms with Crippen LogP contribution in [0, 0.1) is 0 Å². The quantitative estimate of drug-likeness (QED) is 0.179. The maximum absolute atomic E-state index is 15.1. The van der Waals surface area contributed by atoms with E-state index >= 15 is 4.79 Å². The van der Waals surface area contributed by atoms with Crippen LogP contribution in [-0.2, 0) is 5.41 Å². The molecule has 0 fully saturated rings. The van der Waals surface area contributed by atoms with E-state index in [1.807, 2.05) is 35.0 Å². The van der Waals surface area contributed by atoms with Gasteiger partial charge in [-0.25, -0.2) is 0 Å². The van der Waals surface area contributed by atoms with E-state index in [2.05, 4.69) is 168 Å². The molecule has 12 rings (SSSR count). The Hall–Kier alpha value is -7.41. The van der Waals surface area contributed by atoms with Crippen molar-refractivity contribution in [2.24, 2.45) is 0 Å². The van der Waals surface area contributed by atoms with Crippen LogP contribution in [0.1, 0.15) is 22.3 Å². The molecule has 0 saturated heterocycles. The van der Waals surface area contributed by atoms with Gasteiger partial charge in [-0.3, -0.25) is 19.3 Å². The average Bonchev–Trinajstić information content (AvgIpc) is 3.76. The highest BCUT2D eigenvalue weighted by Crippen LogP contribution is 2.61. The van der Waals surface area contributed by atoms with Crippen LogP contribution in [-0.4, -0.2) is 14.5 Å². The molecular formula is C52H32N4OS. The van der Waals surface area contributed by atoms with Gasteiger partial charge in [0, 0.05) is 21.8 Å². The van der Waals surface area contributed by atoms with Crippen LogP contribution in [0.3, 0.4) is 0 Å². The van der Waals surface area contributed by atoms with Crippen molar-refractivity contribution in [1.29, 1.82) is 0 Å². The predicted molar refractivity (Wildman–Crippen MR) is 237 cm³/mol. The van der Waals surface area contributed by atoms with Gasteiger partial charge in [0.05, 0.1) is 51.3 Å². The van der Waals surface area contributed by atoms with Crippen molar-refractivity contribution in [3.05, 3.63) is 227 Å². The van der Waals surface area contributed by atoms with Gasteiger partial charge in [0.25, 0.3) is 5.56 Å². The second kappa shape index (κ2) is 12.5. The number of rotatable bonds is 4. The van der Waals surface area contributed by atoms with Crippen molar-refractivity contribution in [3.8, 4) is 38.6 Å². The second-order valence-corrected chi connectivity index (χ2v) is 15.9. The number of benzene rings is 6. The van der Waals surface area contributed by atoms with Crippen LogP contribution in [0.2, 0.25) is 0 Å². The minimum atomic E-state index is -0.789. The van der Waals surface area contributed by atoms with E-state index in [1.165, 1.54) is 0 Å². The summed E-state index contributed by atoms with van der Waals surface area (Å²) in [6, 6.07) is 64.0. The van der Waals surface area contributed by atoms with Crippen molar-refractivity contribution >= 4 is 49.4 Å². The summed E-state index contributed by atoms with van der Waals surface area (Å²) in [5, 5.41) is 2.05. The van der Waals surface area contributed by atoms with E-state index in [0.29, 0.717) is 0 Å². The summed E-state index contributed by atoms with van der Waals surface area (Å²) >= 11 is 1.58. The zero-order valence-corrected chi connectivity index (χ0v) is 31.9. The Morgan fingerprint density at radius 3 is 1.91 bits per heavy atom. The SMILES string of the molecule is O=c1c2sc(-c3ccccc3)cc2c2cccc3c2n1-c1ccccc1C31c2ccccc2N(c2ccc(-c3ccccn3)nc2)c2ccc(-c3ccccc3)cc21. The molecule has 0 N–H and O–H groups in total. The van der Waals surface area contributed by atoms with E-state index < -0.39 is 5.41 Å². The highest BCUT2D eigenvalue weighted by Gasteiger charge is 2.51. The molecule has 0 aliphatic carbocycles. The van der Waals surface area contributed by atoms with E-state index in [4.69, 9.17) is 4.98 Å². The Bertz CT molecular complexity index is 3300. The molecule has 2 aliphatic heterocycles. The van der Waals surface area contributed by atoms with Gasteiger partial charge in [-0.15, -0.1) is 11.3 Å². The molecule has 0 bridgehead atoms. The molecule has 58 heavy (non-hydrogen) atoms. The van der Waals surface area contributed by atoms with Gasteiger partial charge in [-0.1, -0.05) is 127 Å². The predicted octanol–water partition coefficient (Wildman–Crippen LogP) is 12.5. The van der Waals surface area contributed by atoms with Gasteiger partial charge in [0.15, 0.2) is 0 Å². The molecule has 4 aromatic heterocycles. The fourth-order valence-corrected chi connectivity index (χ4v) is 10.6. The molecule has 0 amide bonds. The van der Waals surface area contributed by atoms with Crippen LogP contribution >= 0.6 is 11.3 Å². The summed E-state index contributed by atoms with van der Waals surface area (Å²) in [5.74, 6) is 0. The highest BCUT2D eigenvalue weighted by molar-refractivity contribution is 7.22. The first-order valence-electron chi connectivity index (χ1n) is 19.4. The molecule has 10 aromatic rings. The monoisotopic (exact) mass is 760 g/mol. The van der Waals surface area contributed by atoms with Gasteiger partial charge >= 0.3 is 0 Å². The molecule has 6 heterocycles. The number of para-hydroxylation sites is 3. The number of hydrogen-bond acceptors (Lipinski definition) is 5. The standard InChI is InChI=1S/C52H32N4OS/c57-51-50-38(31-48(58-50)34-16-5-2-6-17-34)37-18-13-21-41-49(37)56(51)46-24-10-8-20-40(46)52(41)39-19-7-9-23-45(39)55(36-26-27-44(54-32-36)43-22-11-12-29-53-43)47-28-25-35(30-42(47)52)33-14-3-1-4-15-33/h1-32H. The summed E-state index contributed by atoms with van der Waals surface area (Å²) < 4.78 is 2.76. The Kier molecular flexibility index (Phi) is 7.10. The Balaban J connectivity index is 1.20. The Morgan fingerprint density at radius 1 is 0.483 bits per heavy atom. The minimum absolute atomic E-state index is 0.00693. The van der Waals surface area contributed by atoms with E-state index in [0.717, 1.165) is 98.9 Å². The van der Waals surface area contributed by atoms with Gasteiger partial charge in [-0.2, -0.15) is 0 Å². The molecule has 0 radical (unpaired) electrons. The summed E-state index contributed by atoms with van der Waals surface area (Å²) in [6.07, 6.45) is 3.75. The lowest BCUT2D eigenvalue weighted by Crippen LogP contribution is -2.42. The molecule has 1 spiro atoms. The first kappa shape index (κ1) is 32.8. The highest BCUT2D eigenvalue weighted by atomic mass is 32.1. The molecule has 6 aromatic carbocycles. The third-order valence-corrected chi connectivity index (χ3v) is 13.1. The molecule has 6 heteroatoms. The summed E-state index contributed by atoms with van der Waals surface area (Å²) in [5.41, 5.74) is 13.5. The largest absolute Gasteiger partial charge is 0.308 e. The number of pyridine rings is 3. The molecular weight excluding hydrogens is 729 g/mol. The van der Waals surface area contributed by atoms with E-state index in [-0.39, 0.29) is 5.56 Å². The van der Waals surface area contributed by atoms with E-state index in [1.54, 1.807) is 17.5 Å². The summed E-state index contributed by atoms with van der Waals surface area (Å²) in [6.45, 7) is 0. The van der Waals surface area contributed by atoms with Crippen molar-refractivity contribution in [2.45, 2.75) is 5.41 Å². The smallest absolute Gasteiger partial charge is 0.273 e. The minimum Gasteiger partial charge on any atom is -0.308 e. The zero-order chi connectivity index (χ0) is 38.4. The van der Waals surface area contributed by atoms with Crippen LogP contribution in [0.15, 0.2) is 199 Å². The van der Waals surface area contributed by atoms with Crippen LogP contribution in [0.5, 0.6) is 0 Å². The summed E-state index contributed by atoms with van der Waals surface area (Å²) in [4.78, 5) is 28.0. The summed E-state index contributed by atoms with van der Waals surface area (Å²) in [7, 11) is 0. The van der Waals surface area contributed by atoms with Crippen LogP contribution in [0.25, 0.3) is 59.6 Å². The van der Waals surface area contributed by atoms with Crippen molar-refractivity contribution in [3.63, 3.8) is 0 Å². The van der Waals surface area contributed by atoms with Crippen molar-refractivity contribution in [2.75, 3.05) is 4.90 Å². The third-order valence-electron chi connectivity index (χ3n) is 11.9. The van der Waals surface area contributed by atoms with Crippen LogP contribution in [0.4, 0.5) is 17.1 Å². The average molecular weight is 761 g/mol. The van der Waals surface area contributed by atoms with E-state index in [9.17, 15) is 0 Å². The lowest BCUT2D eigenvalue weighted by Gasteiger charge is -2.49. The van der Waals surface area contributed by atoms with Gasteiger partial charge in [0.2, 0.25) is 0 Å².